The second-order valence-electron chi connectivity index (χ2n) is 5.46. The first-order chi connectivity index (χ1) is 11.2. The summed E-state index contributed by atoms with van der Waals surface area (Å²) < 4.78 is 10.9. The largest absolute Gasteiger partial charge is 0.496 e. The number of methoxy groups -OCH3 is 1. The highest BCUT2D eigenvalue weighted by Gasteiger charge is 2.04. The van der Waals surface area contributed by atoms with E-state index in [-0.39, 0.29) is 0 Å². The van der Waals surface area contributed by atoms with Crippen LogP contribution in [0.5, 0.6) is 5.75 Å². The molecule has 1 rings (SSSR count). The smallest absolute Gasteiger partial charge is 0.191 e. The molecule has 0 heterocycles. The number of hydrogen-bond donors (Lipinski definition) is 2. The van der Waals surface area contributed by atoms with Crippen LogP contribution >= 0.6 is 0 Å². The Kier molecular flexibility index (Phi) is 9.87. The molecule has 2 N–H and O–H groups in total. The molecule has 0 fully saturated rings. The molecule has 0 saturated heterocycles. The maximum Gasteiger partial charge on any atom is 0.191 e. The van der Waals surface area contributed by atoms with Crippen molar-refractivity contribution >= 4 is 5.96 Å². The van der Waals surface area contributed by atoms with E-state index >= 15 is 0 Å². The van der Waals surface area contributed by atoms with Crippen LogP contribution in [0.4, 0.5) is 0 Å². The van der Waals surface area contributed by atoms with Gasteiger partial charge in [0.25, 0.3) is 0 Å². The maximum atomic E-state index is 5.52. The lowest BCUT2D eigenvalue weighted by Crippen LogP contribution is -2.39. The van der Waals surface area contributed by atoms with Crippen molar-refractivity contribution in [2.24, 2.45) is 4.99 Å². The summed E-state index contributed by atoms with van der Waals surface area (Å²) in [5, 5.41) is 6.57. The minimum Gasteiger partial charge on any atom is -0.496 e. The summed E-state index contributed by atoms with van der Waals surface area (Å²) in [4.78, 5) is 4.22. The predicted molar refractivity (Wildman–Crippen MR) is 96.5 cm³/mol. The van der Waals surface area contributed by atoms with Gasteiger partial charge in [0.2, 0.25) is 0 Å². The fraction of sp³-hybridized carbons (Fsp3) is 0.611. The van der Waals surface area contributed by atoms with E-state index in [1.54, 1.807) is 14.2 Å². The van der Waals surface area contributed by atoms with Crippen LogP contribution in [0, 0.1) is 6.92 Å². The van der Waals surface area contributed by atoms with Gasteiger partial charge in [-0.1, -0.05) is 31.0 Å². The minimum absolute atomic E-state index is 0.701. The van der Waals surface area contributed by atoms with Crippen LogP contribution in [0.2, 0.25) is 0 Å². The molecule has 0 radical (unpaired) electrons. The van der Waals surface area contributed by atoms with Crippen molar-refractivity contribution in [3.8, 4) is 5.75 Å². The van der Waals surface area contributed by atoms with Gasteiger partial charge >= 0.3 is 0 Å². The Balaban J connectivity index is 2.28. The van der Waals surface area contributed by atoms with E-state index in [0.717, 1.165) is 44.2 Å². The third kappa shape index (κ3) is 7.88. The number of ether oxygens (including phenoxy) is 2. The fourth-order valence-electron chi connectivity index (χ4n) is 2.23. The van der Waals surface area contributed by atoms with Crippen molar-refractivity contribution in [2.45, 2.75) is 33.1 Å². The highest BCUT2D eigenvalue weighted by molar-refractivity contribution is 5.79. The molecule has 1 aromatic carbocycles. The summed E-state index contributed by atoms with van der Waals surface area (Å²) in [7, 11) is 3.49. The molecule has 130 valence electrons. The number of nitrogens with zero attached hydrogens (tertiary/aromatic N) is 1. The predicted octanol–water partition coefficient (Wildman–Crippen LogP) is 2.53. The lowest BCUT2D eigenvalue weighted by Gasteiger charge is -2.13. The van der Waals surface area contributed by atoms with E-state index in [2.05, 4.69) is 41.6 Å². The number of aliphatic imine (C=N–C) groups is 1. The standard InChI is InChI=1S/C18H31N3O2/c1-5-6-12-23-13-11-21-18(19-3)20-10-9-16-14-15(2)7-8-17(16)22-4/h7-8,14H,5-6,9-13H2,1-4H3,(H2,19,20,21). The molecule has 23 heavy (non-hydrogen) atoms. The Labute approximate surface area is 140 Å². The molecular weight excluding hydrogens is 290 g/mol. The number of guanidine groups is 1. The lowest BCUT2D eigenvalue weighted by molar-refractivity contribution is 0.136. The summed E-state index contributed by atoms with van der Waals surface area (Å²) in [5.41, 5.74) is 2.45. The molecule has 5 nitrogen and oxygen atoms in total. The van der Waals surface area contributed by atoms with E-state index in [1.807, 2.05) is 6.07 Å². The van der Waals surface area contributed by atoms with E-state index < -0.39 is 0 Å². The average molecular weight is 321 g/mol. The van der Waals surface area contributed by atoms with Crippen LogP contribution in [-0.2, 0) is 11.2 Å². The van der Waals surface area contributed by atoms with Crippen LogP contribution in [0.25, 0.3) is 0 Å². The van der Waals surface area contributed by atoms with E-state index in [1.165, 1.54) is 17.5 Å². The SMILES string of the molecule is CCCCOCCNC(=NC)NCCc1cc(C)ccc1OC. The Hall–Kier alpha value is -1.75. The molecular formula is C18H31N3O2. The fourth-order valence-corrected chi connectivity index (χ4v) is 2.23. The van der Waals surface area contributed by atoms with Gasteiger partial charge in [-0.15, -0.1) is 0 Å². The molecule has 0 atom stereocenters. The van der Waals surface area contributed by atoms with Gasteiger partial charge in [0.05, 0.1) is 13.7 Å². The summed E-state index contributed by atoms with van der Waals surface area (Å²) in [6.45, 7) is 7.35. The highest BCUT2D eigenvalue weighted by atomic mass is 16.5. The lowest BCUT2D eigenvalue weighted by atomic mass is 10.1. The van der Waals surface area contributed by atoms with E-state index in [9.17, 15) is 0 Å². The minimum atomic E-state index is 0.701. The Bertz CT molecular complexity index is 475. The van der Waals surface area contributed by atoms with Gasteiger partial charge in [-0.2, -0.15) is 0 Å². The molecule has 1 aromatic rings. The molecule has 0 aromatic heterocycles. The van der Waals surface area contributed by atoms with Crippen LogP contribution < -0.4 is 15.4 Å². The van der Waals surface area contributed by atoms with Crippen molar-refractivity contribution in [2.75, 3.05) is 40.5 Å². The Morgan fingerprint density at radius 1 is 1.17 bits per heavy atom. The van der Waals surface area contributed by atoms with Gasteiger partial charge in [-0.05, 0) is 31.4 Å². The van der Waals surface area contributed by atoms with Gasteiger partial charge in [-0.25, -0.2) is 0 Å². The molecule has 0 spiro atoms. The van der Waals surface area contributed by atoms with Crippen LogP contribution in [0.1, 0.15) is 30.9 Å². The zero-order valence-electron chi connectivity index (χ0n) is 14.9. The summed E-state index contributed by atoms with van der Waals surface area (Å²) >= 11 is 0. The van der Waals surface area contributed by atoms with Gasteiger partial charge in [0.15, 0.2) is 5.96 Å². The molecule has 0 aliphatic rings. The van der Waals surface area contributed by atoms with Crippen molar-refractivity contribution in [1.29, 1.82) is 0 Å². The van der Waals surface area contributed by atoms with Crippen LogP contribution in [-0.4, -0.2) is 46.4 Å². The van der Waals surface area contributed by atoms with Gasteiger partial charge < -0.3 is 20.1 Å². The molecule has 0 amide bonds. The summed E-state index contributed by atoms with van der Waals surface area (Å²) in [6.07, 6.45) is 3.17. The summed E-state index contributed by atoms with van der Waals surface area (Å²) in [5.74, 6) is 1.74. The normalized spacial score (nSPS) is 11.4. The first-order valence-corrected chi connectivity index (χ1v) is 8.37. The molecule has 5 heteroatoms. The Morgan fingerprint density at radius 2 is 1.96 bits per heavy atom. The Morgan fingerprint density at radius 3 is 2.65 bits per heavy atom. The second kappa shape index (κ2) is 11.8. The van der Waals surface area contributed by atoms with Crippen molar-refractivity contribution in [1.82, 2.24) is 10.6 Å². The van der Waals surface area contributed by atoms with E-state index in [0.29, 0.717) is 6.61 Å². The number of benzene rings is 1. The molecule has 0 aliphatic carbocycles. The zero-order valence-corrected chi connectivity index (χ0v) is 14.9. The van der Waals surface area contributed by atoms with Crippen molar-refractivity contribution in [3.63, 3.8) is 0 Å². The number of aryl methyl sites for hydroxylation is 1. The topological polar surface area (TPSA) is 54.9 Å². The zero-order chi connectivity index (χ0) is 16.9. The van der Waals surface area contributed by atoms with Crippen molar-refractivity contribution in [3.05, 3.63) is 29.3 Å². The van der Waals surface area contributed by atoms with E-state index in [4.69, 9.17) is 9.47 Å². The van der Waals surface area contributed by atoms with Gasteiger partial charge in [-0.3, -0.25) is 4.99 Å². The molecule has 0 saturated carbocycles. The van der Waals surface area contributed by atoms with Crippen molar-refractivity contribution < 1.29 is 9.47 Å². The summed E-state index contributed by atoms with van der Waals surface area (Å²) in [6, 6.07) is 6.25. The number of nitrogens with one attached hydrogen (secondary N) is 2. The first kappa shape index (κ1) is 19.3. The number of hydrogen-bond acceptors (Lipinski definition) is 3. The number of rotatable bonds is 10. The van der Waals surface area contributed by atoms with Gasteiger partial charge in [0.1, 0.15) is 5.75 Å². The van der Waals surface area contributed by atoms with Crippen LogP contribution in [0.15, 0.2) is 23.2 Å². The van der Waals surface area contributed by atoms with Gasteiger partial charge in [0, 0.05) is 26.7 Å². The molecule has 0 bridgehead atoms. The first-order valence-electron chi connectivity index (χ1n) is 8.37. The molecule has 0 aliphatic heterocycles. The third-order valence-corrected chi connectivity index (χ3v) is 3.53. The third-order valence-electron chi connectivity index (χ3n) is 3.53. The average Bonchev–Trinajstić information content (AvgIpc) is 2.56. The molecule has 0 unspecified atom stereocenters. The highest BCUT2D eigenvalue weighted by Crippen LogP contribution is 2.19. The monoisotopic (exact) mass is 321 g/mol. The maximum absolute atomic E-state index is 5.52. The van der Waals surface area contributed by atoms with Crippen LogP contribution in [0.3, 0.4) is 0 Å². The second-order valence-corrected chi connectivity index (χ2v) is 5.46. The quantitative estimate of drug-likeness (QED) is 0.395. The number of unbranched alkanes of at least 4 members (excludes halogenated alkanes) is 1.